The van der Waals surface area contributed by atoms with Crippen molar-refractivity contribution >= 4 is 16.5 Å². The van der Waals surface area contributed by atoms with E-state index in [9.17, 15) is 5.11 Å². The summed E-state index contributed by atoms with van der Waals surface area (Å²) in [6.45, 7) is 4.26. The van der Waals surface area contributed by atoms with E-state index in [2.05, 4.69) is 28.9 Å². The molecule has 0 amide bonds. The average Bonchev–Trinajstić information content (AvgIpc) is 2.89. The van der Waals surface area contributed by atoms with Crippen LogP contribution in [0.5, 0.6) is 0 Å². The van der Waals surface area contributed by atoms with Gasteiger partial charge >= 0.3 is 0 Å². The Balaban J connectivity index is 2.18. The predicted octanol–water partition coefficient (Wildman–Crippen LogP) is 2.81. The molecule has 1 heterocycles. The quantitative estimate of drug-likeness (QED) is 0.852. The highest BCUT2D eigenvalue weighted by Gasteiger charge is 2.15. The summed E-state index contributed by atoms with van der Waals surface area (Å²) >= 11 is 1.54. The van der Waals surface area contributed by atoms with Crippen molar-refractivity contribution in [2.45, 2.75) is 26.7 Å². The highest BCUT2D eigenvalue weighted by atomic mass is 32.1. The number of hydrogen-bond donors (Lipinski definition) is 1. The summed E-state index contributed by atoms with van der Waals surface area (Å²) in [5, 5.41) is 10.3. The first-order valence-electron chi connectivity index (χ1n) is 6.65. The number of anilines is 1. The van der Waals surface area contributed by atoms with Crippen molar-refractivity contribution in [2.75, 3.05) is 18.6 Å². The largest absolute Gasteiger partial charge is 0.391 e. The fourth-order valence-corrected chi connectivity index (χ4v) is 2.98. The molecule has 0 saturated heterocycles. The van der Waals surface area contributed by atoms with E-state index in [0.29, 0.717) is 6.61 Å². The number of ether oxygens (including phenoxy) is 1. The van der Waals surface area contributed by atoms with Gasteiger partial charge in [-0.3, -0.25) is 0 Å². The Morgan fingerprint density at radius 1 is 1.30 bits per heavy atom. The molecule has 1 aromatic heterocycles. The van der Waals surface area contributed by atoms with Crippen LogP contribution in [0.4, 0.5) is 5.13 Å². The normalized spacial score (nSPS) is 10.8. The molecule has 0 aliphatic carbocycles. The van der Waals surface area contributed by atoms with Crippen LogP contribution in [0.1, 0.15) is 23.1 Å². The molecule has 0 unspecified atom stereocenters. The van der Waals surface area contributed by atoms with Gasteiger partial charge in [-0.15, -0.1) is 0 Å². The van der Waals surface area contributed by atoms with E-state index >= 15 is 0 Å². The molecule has 0 aliphatic heterocycles. The van der Waals surface area contributed by atoms with Gasteiger partial charge in [-0.1, -0.05) is 41.7 Å². The fraction of sp³-hybridized carbons (Fsp3) is 0.400. The Kier molecular flexibility index (Phi) is 5.52. The standard InChI is InChI=1S/C15H20N2O2S/c1-3-17(9-12-7-5-4-6-8-12)15-16-13(11-19-2)14(10-18)20-15/h4-8,18H,3,9-11H2,1-2H3. The Morgan fingerprint density at radius 3 is 2.65 bits per heavy atom. The molecule has 1 aromatic carbocycles. The molecule has 1 N–H and O–H groups in total. The first-order valence-corrected chi connectivity index (χ1v) is 7.47. The summed E-state index contributed by atoms with van der Waals surface area (Å²) in [5.74, 6) is 0. The van der Waals surface area contributed by atoms with E-state index in [1.807, 2.05) is 18.2 Å². The smallest absolute Gasteiger partial charge is 0.186 e. The van der Waals surface area contributed by atoms with Crippen molar-refractivity contribution in [3.63, 3.8) is 0 Å². The van der Waals surface area contributed by atoms with Gasteiger partial charge in [0.25, 0.3) is 0 Å². The Morgan fingerprint density at radius 2 is 2.05 bits per heavy atom. The summed E-state index contributed by atoms with van der Waals surface area (Å²) in [6.07, 6.45) is 0. The number of aromatic nitrogens is 1. The molecule has 20 heavy (non-hydrogen) atoms. The number of aliphatic hydroxyl groups is 1. The summed E-state index contributed by atoms with van der Waals surface area (Å²) in [5.41, 5.74) is 2.09. The summed E-state index contributed by atoms with van der Waals surface area (Å²) < 4.78 is 5.13. The second-order valence-electron chi connectivity index (χ2n) is 4.46. The third kappa shape index (κ3) is 3.56. The number of rotatable bonds is 7. The predicted molar refractivity (Wildman–Crippen MR) is 81.9 cm³/mol. The third-order valence-corrected chi connectivity index (χ3v) is 4.20. The molecule has 108 valence electrons. The molecular formula is C15H20N2O2S. The first-order chi connectivity index (χ1) is 9.78. The molecule has 4 nitrogen and oxygen atoms in total. The van der Waals surface area contributed by atoms with E-state index < -0.39 is 0 Å². The molecule has 0 atom stereocenters. The lowest BCUT2D eigenvalue weighted by Crippen LogP contribution is -2.21. The summed E-state index contributed by atoms with van der Waals surface area (Å²) in [7, 11) is 1.64. The minimum atomic E-state index is 0.0131. The molecule has 0 radical (unpaired) electrons. The number of benzene rings is 1. The zero-order valence-electron chi connectivity index (χ0n) is 11.9. The molecule has 2 rings (SSSR count). The van der Waals surface area contributed by atoms with Crippen molar-refractivity contribution < 1.29 is 9.84 Å². The van der Waals surface area contributed by atoms with Gasteiger partial charge in [0.05, 0.1) is 23.8 Å². The van der Waals surface area contributed by atoms with E-state index in [-0.39, 0.29) is 6.61 Å². The van der Waals surface area contributed by atoms with Gasteiger partial charge < -0.3 is 14.7 Å². The second kappa shape index (κ2) is 7.38. The van der Waals surface area contributed by atoms with Crippen LogP contribution in [0.25, 0.3) is 0 Å². The van der Waals surface area contributed by atoms with Crippen molar-refractivity contribution in [3.8, 4) is 0 Å². The van der Waals surface area contributed by atoms with Gasteiger partial charge in [0.15, 0.2) is 5.13 Å². The molecule has 5 heteroatoms. The molecule has 0 spiro atoms. The van der Waals surface area contributed by atoms with Crippen LogP contribution in [0.15, 0.2) is 30.3 Å². The lowest BCUT2D eigenvalue weighted by molar-refractivity contribution is 0.179. The van der Waals surface area contributed by atoms with Gasteiger partial charge in [-0.05, 0) is 12.5 Å². The summed E-state index contributed by atoms with van der Waals surface area (Å²) in [4.78, 5) is 7.69. The molecule has 0 aliphatic rings. The van der Waals surface area contributed by atoms with Crippen molar-refractivity contribution in [3.05, 3.63) is 46.5 Å². The molecule has 2 aromatic rings. The van der Waals surface area contributed by atoms with Gasteiger partial charge in [-0.2, -0.15) is 0 Å². The Bertz CT molecular complexity index is 528. The number of methoxy groups -OCH3 is 1. The summed E-state index contributed by atoms with van der Waals surface area (Å²) in [6, 6.07) is 10.3. The van der Waals surface area contributed by atoms with Crippen molar-refractivity contribution in [1.82, 2.24) is 4.98 Å². The van der Waals surface area contributed by atoms with Gasteiger partial charge in [0.2, 0.25) is 0 Å². The average molecular weight is 292 g/mol. The maximum absolute atomic E-state index is 9.40. The number of hydrogen-bond acceptors (Lipinski definition) is 5. The SMILES string of the molecule is CCN(Cc1ccccc1)c1nc(COC)c(CO)s1. The second-order valence-corrected chi connectivity index (χ2v) is 5.52. The van der Waals surface area contributed by atoms with Gasteiger partial charge in [0, 0.05) is 20.2 Å². The molecular weight excluding hydrogens is 272 g/mol. The number of aliphatic hydroxyl groups excluding tert-OH is 1. The number of thiazole rings is 1. The first kappa shape index (κ1) is 15.0. The lowest BCUT2D eigenvalue weighted by atomic mass is 10.2. The molecule has 0 bridgehead atoms. The van der Waals surface area contributed by atoms with Crippen LogP contribution < -0.4 is 4.90 Å². The van der Waals surface area contributed by atoms with E-state index in [0.717, 1.165) is 28.8 Å². The molecule has 0 saturated carbocycles. The highest BCUT2D eigenvalue weighted by Crippen LogP contribution is 2.28. The van der Waals surface area contributed by atoms with Crippen LogP contribution in [0.3, 0.4) is 0 Å². The van der Waals surface area contributed by atoms with Crippen LogP contribution in [-0.2, 0) is 24.5 Å². The fourth-order valence-electron chi connectivity index (χ4n) is 2.00. The maximum Gasteiger partial charge on any atom is 0.186 e. The lowest BCUT2D eigenvalue weighted by Gasteiger charge is -2.19. The number of nitrogens with zero attached hydrogens (tertiary/aromatic N) is 2. The van der Waals surface area contributed by atoms with E-state index in [1.165, 1.54) is 16.9 Å². The zero-order valence-corrected chi connectivity index (χ0v) is 12.7. The van der Waals surface area contributed by atoms with Crippen LogP contribution >= 0.6 is 11.3 Å². The van der Waals surface area contributed by atoms with E-state index in [1.54, 1.807) is 7.11 Å². The zero-order chi connectivity index (χ0) is 14.4. The van der Waals surface area contributed by atoms with Crippen LogP contribution in [-0.4, -0.2) is 23.7 Å². The van der Waals surface area contributed by atoms with Crippen LogP contribution in [0.2, 0.25) is 0 Å². The van der Waals surface area contributed by atoms with Crippen molar-refractivity contribution in [2.24, 2.45) is 0 Å². The minimum Gasteiger partial charge on any atom is -0.391 e. The van der Waals surface area contributed by atoms with Gasteiger partial charge in [0.1, 0.15) is 0 Å². The third-order valence-electron chi connectivity index (χ3n) is 3.06. The minimum absolute atomic E-state index is 0.0131. The van der Waals surface area contributed by atoms with Gasteiger partial charge in [-0.25, -0.2) is 4.98 Å². The van der Waals surface area contributed by atoms with Crippen molar-refractivity contribution in [1.29, 1.82) is 0 Å². The molecule has 0 fully saturated rings. The Labute approximate surface area is 123 Å². The van der Waals surface area contributed by atoms with Crippen LogP contribution in [0, 0.1) is 0 Å². The Hall–Kier alpha value is -1.43. The van der Waals surface area contributed by atoms with E-state index in [4.69, 9.17) is 4.74 Å². The maximum atomic E-state index is 9.40. The highest BCUT2D eigenvalue weighted by molar-refractivity contribution is 7.15. The topological polar surface area (TPSA) is 45.6 Å². The monoisotopic (exact) mass is 292 g/mol.